The van der Waals surface area contributed by atoms with Crippen molar-refractivity contribution in [3.63, 3.8) is 0 Å². The number of rotatable bonds is 14. The van der Waals surface area contributed by atoms with Gasteiger partial charge in [-0.25, -0.2) is 13.6 Å². The highest BCUT2D eigenvalue weighted by molar-refractivity contribution is 6.34. The van der Waals surface area contributed by atoms with Crippen molar-refractivity contribution in [3.05, 3.63) is 116 Å². The summed E-state index contributed by atoms with van der Waals surface area (Å²) in [5, 5.41) is 15.1. The van der Waals surface area contributed by atoms with Gasteiger partial charge >= 0.3 is 5.69 Å². The van der Waals surface area contributed by atoms with E-state index in [1.165, 1.54) is 28.3 Å². The third-order valence-corrected chi connectivity index (χ3v) is 17.1. The Kier molecular flexibility index (Phi) is 14.7. The minimum Gasteiger partial charge on any atom is -0.488 e. The second-order valence-electron chi connectivity index (χ2n) is 21.0. The zero-order valence-electron chi connectivity index (χ0n) is 41.8. The molecule has 3 unspecified atom stereocenters. The fourth-order valence-corrected chi connectivity index (χ4v) is 12.9. The molecule has 5 aromatic rings. The summed E-state index contributed by atoms with van der Waals surface area (Å²) in [5.41, 5.74) is 7.71. The van der Waals surface area contributed by atoms with Crippen molar-refractivity contribution >= 4 is 46.3 Å². The van der Waals surface area contributed by atoms with E-state index in [1.54, 1.807) is 11.6 Å². The maximum absolute atomic E-state index is 16.5. The first-order chi connectivity index (χ1) is 35.7. The first kappa shape index (κ1) is 51.4. The van der Waals surface area contributed by atoms with Crippen LogP contribution in [0.2, 0.25) is 5.02 Å². The molecule has 5 N–H and O–H groups in total. The van der Waals surface area contributed by atoms with E-state index in [2.05, 4.69) is 32.6 Å². The van der Waals surface area contributed by atoms with Crippen molar-refractivity contribution < 1.29 is 42.5 Å². The number of halogens is 3. The van der Waals surface area contributed by atoms with Crippen LogP contribution in [-0.4, -0.2) is 106 Å². The van der Waals surface area contributed by atoms with E-state index in [-0.39, 0.29) is 77.3 Å². The minimum atomic E-state index is -1.11. The molecule has 0 spiro atoms. The number of carbonyl (C=O) groups excluding carboxylic acids is 4. The van der Waals surface area contributed by atoms with Crippen molar-refractivity contribution in [1.29, 1.82) is 0 Å². The van der Waals surface area contributed by atoms with Crippen molar-refractivity contribution in [3.8, 4) is 22.6 Å². The van der Waals surface area contributed by atoms with E-state index in [0.29, 0.717) is 35.9 Å². The topological polar surface area (TPSA) is 190 Å². The van der Waals surface area contributed by atoms with E-state index in [1.807, 2.05) is 43.3 Å². The number of primary amides is 1. The maximum Gasteiger partial charge on any atom is 0.329 e. The van der Waals surface area contributed by atoms with Gasteiger partial charge in [-0.15, -0.1) is 0 Å². The number of ether oxygens (including phenoxy) is 2. The average molecular weight is 1040 g/mol. The molecular formula is C56H64ClF2N7O8. The third kappa shape index (κ3) is 9.60. The molecule has 1 aromatic heterocycles. The number of fused-ring (bicyclic) bond motifs is 2. The molecule has 3 saturated heterocycles. The van der Waals surface area contributed by atoms with E-state index in [4.69, 9.17) is 26.8 Å². The van der Waals surface area contributed by atoms with E-state index in [9.17, 15) is 29.1 Å². The molecule has 4 aromatic carbocycles. The molecule has 3 atom stereocenters. The van der Waals surface area contributed by atoms with Gasteiger partial charge in [0.1, 0.15) is 24.2 Å². The second-order valence-corrected chi connectivity index (χ2v) is 21.4. The number of aromatic nitrogens is 2. The Labute approximate surface area is 433 Å². The smallest absolute Gasteiger partial charge is 0.329 e. The highest BCUT2D eigenvalue weighted by atomic mass is 35.5. The molecule has 392 valence electrons. The van der Waals surface area contributed by atoms with Crippen LogP contribution in [0.4, 0.5) is 8.78 Å². The van der Waals surface area contributed by atoms with Crippen LogP contribution >= 0.6 is 11.6 Å². The van der Waals surface area contributed by atoms with Crippen LogP contribution in [0.25, 0.3) is 22.2 Å². The Bertz CT molecular complexity index is 3030. The Morgan fingerprint density at radius 3 is 2.32 bits per heavy atom. The van der Waals surface area contributed by atoms with Gasteiger partial charge in [0.2, 0.25) is 23.6 Å². The summed E-state index contributed by atoms with van der Waals surface area (Å²) in [5.74, 6) is -3.14. The molecule has 5 heterocycles. The number of aryl methyl sites for hydroxylation is 1. The van der Waals surface area contributed by atoms with Crippen LogP contribution in [0.5, 0.6) is 11.5 Å². The van der Waals surface area contributed by atoms with Crippen molar-refractivity contribution in [2.75, 3.05) is 52.5 Å². The van der Waals surface area contributed by atoms with Gasteiger partial charge in [-0.1, -0.05) is 54.9 Å². The molecule has 10 rings (SSSR count). The molecule has 1 saturated carbocycles. The fourth-order valence-electron chi connectivity index (χ4n) is 12.6. The van der Waals surface area contributed by atoms with Gasteiger partial charge < -0.3 is 35.4 Å². The van der Waals surface area contributed by atoms with E-state index >= 15 is 8.78 Å². The zero-order chi connectivity index (χ0) is 52.0. The normalized spacial score (nSPS) is 23.9. The predicted octanol–water partition coefficient (Wildman–Crippen LogP) is 7.04. The number of piperidine rings is 3. The molecule has 0 radical (unpaired) electrons. The lowest BCUT2D eigenvalue weighted by Crippen LogP contribution is -2.49. The number of likely N-dealkylation sites (tertiary alicyclic amines) is 2. The number of imidazole rings is 1. The monoisotopic (exact) mass is 1040 g/mol. The highest BCUT2D eigenvalue weighted by Crippen LogP contribution is 2.56. The number of amides is 4. The molecule has 4 aliphatic heterocycles. The lowest BCUT2D eigenvalue weighted by molar-refractivity contribution is -0.138. The van der Waals surface area contributed by atoms with E-state index in [0.717, 1.165) is 95.2 Å². The van der Waals surface area contributed by atoms with Crippen LogP contribution in [0.1, 0.15) is 116 Å². The minimum absolute atomic E-state index is 0.0543. The van der Waals surface area contributed by atoms with Gasteiger partial charge in [-0.3, -0.25) is 33.6 Å². The number of nitrogens with zero attached hydrogens (tertiary/aromatic N) is 4. The van der Waals surface area contributed by atoms with Crippen molar-refractivity contribution in [2.45, 2.75) is 101 Å². The summed E-state index contributed by atoms with van der Waals surface area (Å²) in [6.07, 6.45) is 7.47. The molecule has 1 aliphatic carbocycles. The average Bonchev–Trinajstić information content (AvgIpc) is 3.83. The second kappa shape index (κ2) is 21.2. The highest BCUT2D eigenvalue weighted by Gasteiger charge is 2.50. The molecule has 4 amide bonds. The lowest BCUT2D eigenvalue weighted by Gasteiger charge is -2.40. The number of nitrogens with two attached hydrogens (primary N) is 1. The van der Waals surface area contributed by atoms with Gasteiger partial charge in [0.05, 0.1) is 28.2 Å². The largest absolute Gasteiger partial charge is 0.488 e. The predicted molar refractivity (Wildman–Crippen MR) is 275 cm³/mol. The summed E-state index contributed by atoms with van der Waals surface area (Å²) in [6, 6.07) is 18.8. The third-order valence-electron chi connectivity index (χ3n) is 16.7. The number of aliphatic hydroxyl groups is 1. The number of carbonyl (C=O) groups is 4. The molecule has 5 aliphatic rings. The summed E-state index contributed by atoms with van der Waals surface area (Å²) in [6.45, 7) is 6.07. The summed E-state index contributed by atoms with van der Waals surface area (Å²) in [7, 11) is 1.73. The maximum atomic E-state index is 16.5. The first-order valence-electron chi connectivity index (χ1n) is 26.1. The van der Waals surface area contributed by atoms with Crippen molar-refractivity contribution in [2.24, 2.45) is 24.6 Å². The van der Waals surface area contributed by atoms with Crippen LogP contribution < -0.4 is 31.5 Å². The van der Waals surface area contributed by atoms with Crippen LogP contribution in [0.15, 0.2) is 71.5 Å². The van der Waals surface area contributed by atoms with Crippen LogP contribution in [0, 0.1) is 23.5 Å². The number of nitrogens with one attached hydrogen (secondary N) is 2. The summed E-state index contributed by atoms with van der Waals surface area (Å²) < 4.78 is 47.8. The van der Waals surface area contributed by atoms with Crippen molar-refractivity contribution in [1.82, 2.24) is 29.6 Å². The number of benzene rings is 4. The Balaban J connectivity index is 0.733. The molecule has 18 heteroatoms. The first-order valence-corrected chi connectivity index (χ1v) is 26.5. The number of imide groups is 1. The molecule has 4 fully saturated rings. The standard InChI is InChI=1S/C56H64ClF2N7O8/c1-32-47-45(29-40(58)50(57)49(47)48-39(52(60)69)13-16-44(51(48)59)73-27-26-67)74-56(32,37-6-4-3-5-7-37)31-61-38-11-8-35(9-12-38)54(71)65-24-18-33(19-25-65)30-64-22-20-34(21-23-64)36-10-14-41-43(28-36)63(2)55(72)66(41)42-15-17-46(68)62-53(42)70/h3-7,10,13-14,16,28-29,32-35,38,42,61,67H,8-9,11-12,15,17-27,30-31H2,1-2H3,(H2,60,69)(H,62,68,70). The summed E-state index contributed by atoms with van der Waals surface area (Å²) >= 11 is 6.73. The number of hydrogen-bond acceptors (Lipinski definition) is 10. The Morgan fingerprint density at radius 1 is 0.905 bits per heavy atom. The molecule has 0 bridgehead atoms. The van der Waals surface area contributed by atoms with Gasteiger partial charge in [0.15, 0.2) is 17.2 Å². The van der Waals surface area contributed by atoms with Gasteiger partial charge in [0.25, 0.3) is 0 Å². The van der Waals surface area contributed by atoms with Gasteiger partial charge in [-0.05, 0) is 118 Å². The Hall–Kier alpha value is -6.14. The number of hydrogen-bond donors (Lipinski definition) is 4. The molecular weight excluding hydrogens is 972 g/mol. The molecule has 15 nitrogen and oxygen atoms in total. The van der Waals surface area contributed by atoms with E-state index < -0.39 is 46.0 Å². The van der Waals surface area contributed by atoms with Crippen LogP contribution in [-0.2, 0) is 27.0 Å². The van der Waals surface area contributed by atoms with Gasteiger partial charge in [-0.2, -0.15) is 0 Å². The summed E-state index contributed by atoms with van der Waals surface area (Å²) in [4.78, 5) is 69.2. The Morgan fingerprint density at radius 2 is 1.64 bits per heavy atom. The number of aliphatic hydroxyl groups excluding tert-OH is 1. The SMILES string of the molecule is CC1c2c(cc(F)c(Cl)c2-c2c(C(N)=O)ccc(OCCO)c2F)OC1(CNC1CCC(C(=O)N2CCC(CN3CCC(c4ccc5c(c4)n(C)c(=O)n5C4CCC(=O)NC4=O)CC3)CC2)CC1)c1ccccc1. The molecule has 74 heavy (non-hydrogen) atoms. The van der Waals surface area contributed by atoms with Gasteiger partial charge in [0, 0.05) is 80.3 Å². The zero-order valence-corrected chi connectivity index (χ0v) is 42.6. The quantitative estimate of drug-likeness (QED) is 0.0840. The van der Waals surface area contributed by atoms with Crippen LogP contribution in [0.3, 0.4) is 0 Å². The fraction of sp³-hybridized carbons (Fsp3) is 0.482. The lowest BCUT2D eigenvalue weighted by atomic mass is 9.77.